The molecule has 0 saturated heterocycles. The average molecular weight is 353 g/mol. The fourth-order valence-corrected chi connectivity index (χ4v) is 2.35. The molecule has 0 radical (unpaired) electrons. The van der Waals surface area contributed by atoms with Crippen molar-refractivity contribution in [2.75, 3.05) is 6.61 Å². The Hall–Kier alpha value is -1.23. The van der Waals surface area contributed by atoms with E-state index in [-0.39, 0.29) is 12.2 Å². The molecule has 0 rings (SSSR count). The summed E-state index contributed by atoms with van der Waals surface area (Å²) in [6, 6.07) is 0. The van der Waals surface area contributed by atoms with Crippen molar-refractivity contribution in [2.45, 2.75) is 83.3 Å². The largest absolute Gasteiger partial charge is 0.394 e. The van der Waals surface area contributed by atoms with Crippen LogP contribution < -0.4 is 0 Å². The molecular formula is C21H36O4. The van der Waals surface area contributed by atoms with Gasteiger partial charge in [-0.3, -0.25) is 4.79 Å². The number of aliphatic hydroxyl groups is 3. The Balaban J connectivity index is 3.49. The Morgan fingerprint density at radius 2 is 1.40 bits per heavy atom. The van der Waals surface area contributed by atoms with Crippen LogP contribution in [-0.4, -0.2) is 39.9 Å². The third-order valence-electron chi connectivity index (χ3n) is 4.01. The molecule has 0 aliphatic rings. The van der Waals surface area contributed by atoms with E-state index in [1.807, 2.05) is 0 Å². The highest BCUT2D eigenvalue weighted by atomic mass is 16.4. The van der Waals surface area contributed by atoms with Crippen molar-refractivity contribution in [1.82, 2.24) is 0 Å². The summed E-state index contributed by atoms with van der Waals surface area (Å²) in [5.41, 5.74) is 0. The van der Waals surface area contributed by atoms with Crippen molar-refractivity contribution >= 4 is 5.78 Å². The van der Waals surface area contributed by atoms with Gasteiger partial charge in [0.2, 0.25) is 0 Å². The molecule has 4 heteroatoms. The first kappa shape index (κ1) is 23.8. The van der Waals surface area contributed by atoms with Gasteiger partial charge in [-0.1, -0.05) is 75.5 Å². The molecule has 0 heterocycles. The number of aliphatic hydroxyl groups excluding tert-OH is 3. The van der Waals surface area contributed by atoms with Crippen LogP contribution in [0.5, 0.6) is 0 Å². The van der Waals surface area contributed by atoms with Crippen molar-refractivity contribution in [3.63, 3.8) is 0 Å². The number of allylic oxidation sites excluding steroid dienone is 6. The Morgan fingerprint density at radius 3 is 2.00 bits per heavy atom. The van der Waals surface area contributed by atoms with Gasteiger partial charge in [0.15, 0.2) is 5.78 Å². The number of ketones is 1. The second-order valence-electron chi connectivity index (χ2n) is 6.35. The molecule has 0 amide bonds. The summed E-state index contributed by atoms with van der Waals surface area (Å²) in [6.07, 6.45) is 19.8. The molecule has 144 valence electrons. The molecule has 0 bridgehead atoms. The van der Waals surface area contributed by atoms with Crippen molar-refractivity contribution in [3.8, 4) is 0 Å². The van der Waals surface area contributed by atoms with Gasteiger partial charge >= 0.3 is 0 Å². The van der Waals surface area contributed by atoms with Gasteiger partial charge in [-0.2, -0.15) is 0 Å². The van der Waals surface area contributed by atoms with E-state index in [1.54, 1.807) is 0 Å². The Labute approximate surface area is 153 Å². The molecule has 0 spiro atoms. The first-order chi connectivity index (χ1) is 12.1. The lowest BCUT2D eigenvalue weighted by Gasteiger charge is -2.13. The second-order valence-corrected chi connectivity index (χ2v) is 6.35. The Morgan fingerprint density at radius 1 is 0.840 bits per heavy atom. The molecule has 0 aromatic rings. The highest BCUT2D eigenvalue weighted by Gasteiger charge is 2.22. The van der Waals surface area contributed by atoms with Gasteiger partial charge in [-0.05, 0) is 25.7 Å². The number of unbranched alkanes of at least 4 members (excludes halogenated alkanes) is 7. The lowest BCUT2D eigenvalue weighted by molar-refractivity contribution is -0.134. The van der Waals surface area contributed by atoms with Crippen LogP contribution in [0.1, 0.15) is 71.1 Å². The lowest BCUT2D eigenvalue weighted by atomic mass is 10.0. The van der Waals surface area contributed by atoms with E-state index < -0.39 is 18.8 Å². The lowest BCUT2D eigenvalue weighted by Crippen LogP contribution is -2.36. The van der Waals surface area contributed by atoms with E-state index in [9.17, 15) is 15.0 Å². The summed E-state index contributed by atoms with van der Waals surface area (Å²) < 4.78 is 0. The van der Waals surface area contributed by atoms with Gasteiger partial charge in [-0.15, -0.1) is 0 Å². The zero-order chi connectivity index (χ0) is 18.8. The maximum atomic E-state index is 11.5. The van der Waals surface area contributed by atoms with Crippen molar-refractivity contribution in [2.24, 2.45) is 0 Å². The third-order valence-corrected chi connectivity index (χ3v) is 4.01. The molecule has 2 unspecified atom stereocenters. The summed E-state index contributed by atoms with van der Waals surface area (Å²) in [4.78, 5) is 11.5. The summed E-state index contributed by atoms with van der Waals surface area (Å²) >= 11 is 0. The van der Waals surface area contributed by atoms with E-state index >= 15 is 0 Å². The zero-order valence-corrected chi connectivity index (χ0v) is 15.6. The van der Waals surface area contributed by atoms with Crippen LogP contribution in [0.4, 0.5) is 0 Å². The van der Waals surface area contributed by atoms with E-state index in [4.69, 9.17) is 5.11 Å². The molecule has 0 aliphatic carbocycles. The van der Waals surface area contributed by atoms with Gasteiger partial charge in [0.1, 0.15) is 12.2 Å². The van der Waals surface area contributed by atoms with Gasteiger partial charge in [0, 0.05) is 6.42 Å². The maximum Gasteiger partial charge on any atom is 0.164 e. The molecule has 0 aromatic carbocycles. The van der Waals surface area contributed by atoms with E-state index in [0.29, 0.717) is 0 Å². The zero-order valence-electron chi connectivity index (χ0n) is 15.6. The molecule has 3 N–H and O–H groups in total. The first-order valence-corrected chi connectivity index (χ1v) is 9.61. The van der Waals surface area contributed by atoms with E-state index in [0.717, 1.165) is 44.9 Å². The number of hydrogen-bond acceptors (Lipinski definition) is 4. The van der Waals surface area contributed by atoms with Crippen molar-refractivity contribution in [1.29, 1.82) is 0 Å². The van der Waals surface area contributed by atoms with Crippen LogP contribution in [0.3, 0.4) is 0 Å². The molecule has 25 heavy (non-hydrogen) atoms. The van der Waals surface area contributed by atoms with E-state index in [1.165, 1.54) is 12.8 Å². The van der Waals surface area contributed by atoms with Gasteiger partial charge in [-0.25, -0.2) is 0 Å². The predicted molar refractivity (Wildman–Crippen MR) is 103 cm³/mol. The standard InChI is InChI=1S/C21H36O4/c1-2-3-4-5-6-7-8-9-10-11-12-13-14-15-16-17-19(23)21(25)20(24)18-22/h5-10,20-22,24-25H,2-4,11-18H2,1H3/b6-5+,8-7+,10-9+. The van der Waals surface area contributed by atoms with Crippen LogP contribution in [0.15, 0.2) is 36.5 Å². The quantitative estimate of drug-likeness (QED) is 0.291. The van der Waals surface area contributed by atoms with Gasteiger partial charge in [0.05, 0.1) is 6.61 Å². The molecule has 0 saturated carbocycles. The summed E-state index contributed by atoms with van der Waals surface area (Å²) in [5.74, 6) is -0.389. The fraction of sp³-hybridized carbons (Fsp3) is 0.667. The molecule has 4 nitrogen and oxygen atoms in total. The van der Waals surface area contributed by atoms with Crippen LogP contribution >= 0.6 is 0 Å². The topological polar surface area (TPSA) is 77.8 Å². The summed E-state index contributed by atoms with van der Waals surface area (Å²) in [5, 5.41) is 27.3. The first-order valence-electron chi connectivity index (χ1n) is 9.61. The smallest absolute Gasteiger partial charge is 0.164 e. The molecule has 2 atom stereocenters. The van der Waals surface area contributed by atoms with Gasteiger partial charge < -0.3 is 15.3 Å². The molecular weight excluding hydrogens is 316 g/mol. The number of Topliss-reactive ketones (excluding diaryl/α,β-unsaturated/α-hetero) is 1. The molecule has 0 aromatic heterocycles. The molecule has 0 fully saturated rings. The number of carbonyl (C=O) groups is 1. The van der Waals surface area contributed by atoms with E-state index in [2.05, 4.69) is 43.4 Å². The predicted octanol–water partition coefficient (Wildman–Crippen LogP) is 3.86. The monoisotopic (exact) mass is 352 g/mol. The highest BCUT2D eigenvalue weighted by Crippen LogP contribution is 2.09. The van der Waals surface area contributed by atoms with Crippen molar-refractivity contribution < 1.29 is 20.1 Å². The van der Waals surface area contributed by atoms with Crippen LogP contribution in [0, 0.1) is 0 Å². The summed E-state index contributed by atoms with van der Waals surface area (Å²) in [6.45, 7) is 1.60. The molecule has 0 aliphatic heterocycles. The Bertz CT molecular complexity index is 399. The fourth-order valence-electron chi connectivity index (χ4n) is 2.35. The van der Waals surface area contributed by atoms with Crippen LogP contribution in [-0.2, 0) is 4.79 Å². The van der Waals surface area contributed by atoms with Crippen LogP contribution in [0.2, 0.25) is 0 Å². The second kappa shape index (κ2) is 17.6. The highest BCUT2D eigenvalue weighted by molar-refractivity contribution is 5.83. The van der Waals surface area contributed by atoms with Crippen molar-refractivity contribution in [3.05, 3.63) is 36.5 Å². The third kappa shape index (κ3) is 14.8. The number of hydrogen-bond donors (Lipinski definition) is 3. The minimum Gasteiger partial charge on any atom is -0.394 e. The minimum atomic E-state index is -1.45. The minimum absolute atomic E-state index is 0.259. The average Bonchev–Trinajstić information content (AvgIpc) is 2.63. The SMILES string of the molecule is CCCC/C=C/C=C/C=C/CCCCCCCC(=O)C(O)C(O)CO. The number of carbonyl (C=O) groups excluding carboxylic acids is 1. The summed E-state index contributed by atoms with van der Waals surface area (Å²) in [7, 11) is 0. The normalized spacial score (nSPS) is 14.7. The maximum absolute atomic E-state index is 11.5. The van der Waals surface area contributed by atoms with Crippen LogP contribution in [0.25, 0.3) is 0 Å². The Kier molecular flexibility index (Phi) is 16.7. The van der Waals surface area contributed by atoms with Gasteiger partial charge in [0.25, 0.3) is 0 Å². The number of rotatable bonds is 16.